The topological polar surface area (TPSA) is 83.4 Å². The number of carbonyl (C=O) groups is 2. The molecular weight excluding hydrogens is 294 g/mol. The molecule has 2 aromatic rings. The van der Waals surface area contributed by atoms with Crippen LogP contribution < -0.4 is 16.0 Å². The second-order valence-electron chi connectivity index (χ2n) is 4.17. The van der Waals surface area contributed by atoms with Crippen molar-refractivity contribution in [2.24, 2.45) is 0 Å². The largest absolute Gasteiger partial charge is 0.467 e. The second kappa shape index (κ2) is 7.35. The fraction of sp³-hybridized carbons (Fsp3) is 0.143. The summed E-state index contributed by atoms with van der Waals surface area (Å²) in [6.45, 7) is 0.159. The third-order valence-corrected chi connectivity index (χ3v) is 2.80. The standard InChI is InChI=1S/C14H14ClN3O3/c15-10-3-5-11(6-4-10)18-14(20)17-9-13(19)16-8-12-2-1-7-21-12/h1-7H,8-9H2,(H,16,19)(H2,17,18,20). The molecule has 0 saturated heterocycles. The van der Waals surface area contributed by atoms with Gasteiger partial charge in [0.25, 0.3) is 0 Å². The Labute approximate surface area is 126 Å². The van der Waals surface area contributed by atoms with Gasteiger partial charge in [-0.05, 0) is 36.4 Å². The van der Waals surface area contributed by atoms with E-state index in [1.807, 2.05) is 0 Å². The number of hydrogen-bond donors (Lipinski definition) is 3. The highest BCUT2D eigenvalue weighted by Gasteiger charge is 2.06. The maximum absolute atomic E-state index is 11.6. The molecule has 1 aromatic carbocycles. The van der Waals surface area contributed by atoms with Crippen LogP contribution in [0, 0.1) is 0 Å². The first-order valence-corrected chi connectivity index (χ1v) is 6.61. The molecule has 0 aliphatic heterocycles. The molecule has 3 amide bonds. The molecule has 21 heavy (non-hydrogen) atoms. The number of hydrogen-bond acceptors (Lipinski definition) is 3. The fourth-order valence-electron chi connectivity index (χ4n) is 1.53. The monoisotopic (exact) mass is 307 g/mol. The number of anilines is 1. The molecule has 0 aliphatic rings. The van der Waals surface area contributed by atoms with E-state index in [4.69, 9.17) is 16.0 Å². The molecule has 0 radical (unpaired) electrons. The van der Waals surface area contributed by atoms with Gasteiger partial charge in [0.1, 0.15) is 5.76 Å². The fourth-order valence-corrected chi connectivity index (χ4v) is 1.66. The molecule has 110 valence electrons. The van der Waals surface area contributed by atoms with Crippen LogP contribution in [0.5, 0.6) is 0 Å². The van der Waals surface area contributed by atoms with Crippen LogP contribution in [0.15, 0.2) is 47.1 Å². The van der Waals surface area contributed by atoms with Crippen LogP contribution in [-0.2, 0) is 11.3 Å². The smallest absolute Gasteiger partial charge is 0.319 e. The highest BCUT2D eigenvalue weighted by Crippen LogP contribution is 2.12. The molecule has 7 heteroatoms. The lowest BCUT2D eigenvalue weighted by Gasteiger charge is -2.08. The summed E-state index contributed by atoms with van der Waals surface area (Å²) in [4.78, 5) is 23.1. The zero-order valence-corrected chi connectivity index (χ0v) is 11.8. The molecule has 0 spiro atoms. The maximum atomic E-state index is 11.6. The molecule has 0 aliphatic carbocycles. The Morgan fingerprint density at radius 1 is 1.10 bits per heavy atom. The van der Waals surface area contributed by atoms with Gasteiger partial charge in [0, 0.05) is 10.7 Å². The van der Waals surface area contributed by atoms with Crippen LogP contribution >= 0.6 is 11.6 Å². The van der Waals surface area contributed by atoms with Crippen LogP contribution in [-0.4, -0.2) is 18.5 Å². The summed E-state index contributed by atoms with van der Waals surface area (Å²) in [7, 11) is 0. The van der Waals surface area contributed by atoms with Gasteiger partial charge in [-0.15, -0.1) is 0 Å². The summed E-state index contributed by atoms with van der Waals surface area (Å²) in [6.07, 6.45) is 1.53. The first-order chi connectivity index (χ1) is 10.1. The number of amides is 3. The van der Waals surface area contributed by atoms with E-state index in [0.29, 0.717) is 16.5 Å². The maximum Gasteiger partial charge on any atom is 0.319 e. The lowest BCUT2D eigenvalue weighted by molar-refractivity contribution is -0.120. The van der Waals surface area contributed by atoms with Crippen molar-refractivity contribution in [3.8, 4) is 0 Å². The van der Waals surface area contributed by atoms with Gasteiger partial charge in [-0.3, -0.25) is 4.79 Å². The van der Waals surface area contributed by atoms with E-state index < -0.39 is 6.03 Å². The predicted molar refractivity (Wildman–Crippen MR) is 79.0 cm³/mol. The van der Waals surface area contributed by atoms with E-state index in [1.165, 1.54) is 6.26 Å². The molecular formula is C14H14ClN3O3. The number of carbonyl (C=O) groups excluding carboxylic acids is 2. The van der Waals surface area contributed by atoms with Crippen molar-refractivity contribution in [2.45, 2.75) is 6.54 Å². The van der Waals surface area contributed by atoms with E-state index in [2.05, 4.69) is 16.0 Å². The Bertz CT molecular complexity index is 596. The highest BCUT2D eigenvalue weighted by atomic mass is 35.5. The van der Waals surface area contributed by atoms with Gasteiger partial charge in [0.05, 0.1) is 19.4 Å². The van der Waals surface area contributed by atoms with Crippen LogP contribution in [0.1, 0.15) is 5.76 Å². The summed E-state index contributed by atoms with van der Waals surface area (Å²) >= 11 is 5.74. The molecule has 3 N–H and O–H groups in total. The number of urea groups is 1. The van der Waals surface area contributed by atoms with Crippen molar-refractivity contribution in [3.63, 3.8) is 0 Å². The number of rotatable bonds is 5. The molecule has 1 aromatic heterocycles. The predicted octanol–water partition coefficient (Wildman–Crippen LogP) is 2.37. The van der Waals surface area contributed by atoms with Crippen molar-refractivity contribution in [3.05, 3.63) is 53.4 Å². The van der Waals surface area contributed by atoms with Crippen molar-refractivity contribution >= 4 is 29.2 Å². The zero-order valence-electron chi connectivity index (χ0n) is 11.1. The lowest BCUT2D eigenvalue weighted by atomic mass is 10.3. The van der Waals surface area contributed by atoms with Crippen molar-refractivity contribution in [2.75, 3.05) is 11.9 Å². The van der Waals surface area contributed by atoms with Crippen molar-refractivity contribution in [1.82, 2.24) is 10.6 Å². The van der Waals surface area contributed by atoms with Gasteiger partial charge in [-0.2, -0.15) is 0 Å². The van der Waals surface area contributed by atoms with E-state index in [-0.39, 0.29) is 19.0 Å². The third kappa shape index (κ3) is 5.19. The van der Waals surface area contributed by atoms with Crippen molar-refractivity contribution in [1.29, 1.82) is 0 Å². The molecule has 1 heterocycles. The van der Waals surface area contributed by atoms with Gasteiger partial charge in [0.15, 0.2) is 0 Å². The molecule has 2 rings (SSSR count). The number of nitrogens with one attached hydrogen (secondary N) is 3. The molecule has 0 bridgehead atoms. The minimum atomic E-state index is -0.467. The molecule has 0 unspecified atom stereocenters. The Morgan fingerprint density at radius 2 is 1.86 bits per heavy atom. The Balaban J connectivity index is 1.68. The highest BCUT2D eigenvalue weighted by molar-refractivity contribution is 6.30. The molecule has 0 atom stereocenters. The number of furan rings is 1. The van der Waals surface area contributed by atoms with Gasteiger partial charge in [0.2, 0.25) is 5.91 Å². The quantitative estimate of drug-likeness (QED) is 0.793. The zero-order chi connectivity index (χ0) is 15.1. The summed E-state index contributed by atoms with van der Waals surface area (Å²) in [6, 6.07) is 9.67. The second-order valence-corrected chi connectivity index (χ2v) is 4.61. The van der Waals surface area contributed by atoms with E-state index in [9.17, 15) is 9.59 Å². The molecule has 0 saturated carbocycles. The summed E-state index contributed by atoms with van der Waals surface area (Å²) in [5.41, 5.74) is 0.591. The first-order valence-electron chi connectivity index (χ1n) is 6.23. The van der Waals surface area contributed by atoms with Gasteiger partial charge in [-0.1, -0.05) is 11.6 Å². The number of halogens is 1. The van der Waals surface area contributed by atoms with E-state index in [0.717, 1.165) is 0 Å². The minimum absolute atomic E-state index is 0.125. The average molecular weight is 308 g/mol. The molecule has 6 nitrogen and oxygen atoms in total. The van der Waals surface area contributed by atoms with Crippen LogP contribution in [0.4, 0.5) is 10.5 Å². The lowest BCUT2D eigenvalue weighted by Crippen LogP contribution is -2.38. The number of benzene rings is 1. The summed E-state index contributed by atoms with van der Waals surface area (Å²) in [5, 5.41) is 8.24. The first kappa shape index (κ1) is 14.9. The summed E-state index contributed by atoms with van der Waals surface area (Å²) < 4.78 is 5.07. The van der Waals surface area contributed by atoms with Crippen LogP contribution in [0.25, 0.3) is 0 Å². The SMILES string of the molecule is O=C(CNC(=O)Nc1ccc(Cl)cc1)NCc1ccco1. The van der Waals surface area contributed by atoms with E-state index in [1.54, 1.807) is 36.4 Å². The van der Waals surface area contributed by atoms with Crippen LogP contribution in [0.3, 0.4) is 0 Å². The average Bonchev–Trinajstić information content (AvgIpc) is 2.99. The van der Waals surface area contributed by atoms with Crippen molar-refractivity contribution < 1.29 is 14.0 Å². The Kier molecular flexibility index (Phi) is 5.22. The Morgan fingerprint density at radius 3 is 2.52 bits per heavy atom. The normalized spacial score (nSPS) is 9.95. The van der Waals surface area contributed by atoms with E-state index >= 15 is 0 Å². The van der Waals surface area contributed by atoms with Gasteiger partial charge in [-0.25, -0.2) is 4.79 Å². The Hall–Kier alpha value is -2.47. The summed E-state index contributed by atoms with van der Waals surface area (Å²) in [5.74, 6) is 0.339. The van der Waals surface area contributed by atoms with Gasteiger partial charge >= 0.3 is 6.03 Å². The van der Waals surface area contributed by atoms with Crippen LogP contribution in [0.2, 0.25) is 5.02 Å². The molecule has 0 fully saturated rings. The minimum Gasteiger partial charge on any atom is -0.467 e. The third-order valence-electron chi connectivity index (χ3n) is 2.55. The van der Waals surface area contributed by atoms with Gasteiger partial charge < -0.3 is 20.4 Å².